The molecule has 0 unspecified atom stereocenters. The fourth-order valence-electron chi connectivity index (χ4n) is 3.73. The molecule has 0 saturated heterocycles. The van der Waals surface area contributed by atoms with E-state index in [0.29, 0.717) is 0 Å². The Bertz CT molecular complexity index is 956. The van der Waals surface area contributed by atoms with Crippen LogP contribution in [-0.4, -0.2) is 23.0 Å². The smallest absolute Gasteiger partial charge is 0.404 e. The summed E-state index contributed by atoms with van der Waals surface area (Å²) in [7, 11) is 0. The van der Waals surface area contributed by atoms with Gasteiger partial charge >= 0.3 is 6.09 Å². The first-order valence-corrected chi connectivity index (χ1v) is 9.50. The van der Waals surface area contributed by atoms with E-state index >= 15 is 0 Å². The maximum absolute atomic E-state index is 10.9. The number of fused-ring (bicyclic) bond motifs is 1. The number of amides is 1. The van der Waals surface area contributed by atoms with Gasteiger partial charge in [0.1, 0.15) is 0 Å². The van der Waals surface area contributed by atoms with Crippen molar-refractivity contribution in [3.05, 3.63) is 101 Å². The van der Waals surface area contributed by atoms with E-state index < -0.39 is 6.09 Å². The second-order valence-electron chi connectivity index (χ2n) is 7.03. The molecule has 4 heteroatoms. The van der Waals surface area contributed by atoms with Gasteiger partial charge in [-0.25, -0.2) is 9.79 Å². The minimum atomic E-state index is -0.954. The van der Waals surface area contributed by atoms with E-state index in [2.05, 4.69) is 41.7 Å². The van der Waals surface area contributed by atoms with Crippen molar-refractivity contribution >= 4 is 17.5 Å². The number of carboxylic acid groups (broad SMARTS) is 1. The molecule has 0 heterocycles. The molecule has 0 aromatic heterocycles. The molecular weight excluding hydrogens is 348 g/mol. The van der Waals surface area contributed by atoms with Crippen LogP contribution < -0.4 is 5.32 Å². The highest BCUT2D eigenvalue weighted by Crippen LogP contribution is 2.27. The van der Waals surface area contributed by atoms with Gasteiger partial charge in [0.2, 0.25) is 0 Å². The fraction of sp³-hybridized carbons (Fsp3) is 0.167. The molecule has 1 aliphatic rings. The zero-order valence-electron chi connectivity index (χ0n) is 15.5. The fourth-order valence-corrected chi connectivity index (χ4v) is 3.73. The molecule has 0 fully saturated rings. The summed E-state index contributed by atoms with van der Waals surface area (Å²) in [5.74, 6) is 0. The van der Waals surface area contributed by atoms with Crippen molar-refractivity contribution in [2.24, 2.45) is 4.99 Å². The number of aryl methyl sites for hydroxylation is 1. The molecule has 4 rings (SSSR count). The minimum absolute atomic E-state index is 0.0106. The molecule has 1 aliphatic carbocycles. The predicted octanol–water partition coefficient (Wildman–Crippen LogP) is 4.98. The van der Waals surface area contributed by atoms with Gasteiger partial charge in [0.25, 0.3) is 0 Å². The Morgan fingerprint density at radius 3 is 2.14 bits per heavy atom. The summed E-state index contributed by atoms with van der Waals surface area (Å²) >= 11 is 0. The Labute approximate surface area is 164 Å². The zero-order chi connectivity index (χ0) is 19.3. The second kappa shape index (κ2) is 8.09. The first-order valence-electron chi connectivity index (χ1n) is 9.50. The summed E-state index contributed by atoms with van der Waals surface area (Å²) in [4.78, 5) is 15.9. The third kappa shape index (κ3) is 4.12. The van der Waals surface area contributed by atoms with Gasteiger partial charge in [0.15, 0.2) is 0 Å². The number of hydrogen-bond donors (Lipinski definition) is 2. The Morgan fingerprint density at radius 1 is 0.893 bits per heavy atom. The number of nitrogens with one attached hydrogen (secondary N) is 1. The summed E-state index contributed by atoms with van der Waals surface area (Å²) in [6, 6.07) is 26.6. The number of nitrogens with zero attached hydrogens (tertiary/aromatic N) is 1. The van der Waals surface area contributed by atoms with Crippen LogP contribution in [0.25, 0.3) is 0 Å². The predicted molar refractivity (Wildman–Crippen MR) is 112 cm³/mol. The molecule has 140 valence electrons. The van der Waals surface area contributed by atoms with Crippen LogP contribution in [0.15, 0.2) is 83.9 Å². The SMILES string of the molecule is O=C(O)N[C@H]1CCc2cc(N=C(c3ccccc3)c3ccccc3)ccc2C1. The lowest BCUT2D eigenvalue weighted by Crippen LogP contribution is -2.37. The van der Waals surface area contributed by atoms with E-state index in [1.807, 2.05) is 42.5 Å². The molecule has 3 aromatic rings. The van der Waals surface area contributed by atoms with Gasteiger partial charge in [-0.05, 0) is 42.5 Å². The second-order valence-corrected chi connectivity index (χ2v) is 7.03. The zero-order valence-corrected chi connectivity index (χ0v) is 15.5. The van der Waals surface area contributed by atoms with Crippen LogP contribution in [0.2, 0.25) is 0 Å². The van der Waals surface area contributed by atoms with E-state index in [4.69, 9.17) is 10.1 Å². The van der Waals surface area contributed by atoms with Crippen molar-refractivity contribution in [1.82, 2.24) is 5.32 Å². The molecule has 4 nitrogen and oxygen atoms in total. The van der Waals surface area contributed by atoms with Crippen LogP contribution in [0.1, 0.15) is 28.7 Å². The van der Waals surface area contributed by atoms with Crippen LogP contribution in [0.3, 0.4) is 0 Å². The Hall–Kier alpha value is -3.40. The van der Waals surface area contributed by atoms with Crippen molar-refractivity contribution in [2.75, 3.05) is 0 Å². The van der Waals surface area contributed by atoms with Crippen LogP contribution in [0.5, 0.6) is 0 Å². The number of hydrogen-bond acceptors (Lipinski definition) is 2. The first-order chi connectivity index (χ1) is 13.7. The van der Waals surface area contributed by atoms with Crippen molar-refractivity contribution in [2.45, 2.75) is 25.3 Å². The van der Waals surface area contributed by atoms with E-state index in [0.717, 1.165) is 41.8 Å². The summed E-state index contributed by atoms with van der Waals surface area (Å²) < 4.78 is 0. The topological polar surface area (TPSA) is 61.7 Å². The van der Waals surface area contributed by atoms with Crippen LogP contribution in [0.4, 0.5) is 10.5 Å². The lowest BCUT2D eigenvalue weighted by atomic mass is 9.88. The van der Waals surface area contributed by atoms with Crippen molar-refractivity contribution in [1.29, 1.82) is 0 Å². The molecule has 1 amide bonds. The van der Waals surface area contributed by atoms with Crippen LogP contribution >= 0.6 is 0 Å². The normalized spacial score (nSPS) is 15.4. The molecule has 0 bridgehead atoms. The van der Waals surface area contributed by atoms with E-state index in [1.54, 1.807) is 0 Å². The minimum Gasteiger partial charge on any atom is -0.465 e. The molecular formula is C24H22N2O2. The van der Waals surface area contributed by atoms with Gasteiger partial charge in [0, 0.05) is 17.2 Å². The largest absolute Gasteiger partial charge is 0.465 e. The van der Waals surface area contributed by atoms with Gasteiger partial charge in [-0.15, -0.1) is 0 Å². The molecule has 28 heavy (non-hydrogen) atoms. The van der Waals surface area contributed by atoms with Crippen LogP contribution in [0, 0.1) is 0 Å². The summed E-state index contributed by atoms with van der Waals surface area (Å²) in [5.41, 5.74) is 6.48. The molecule has 0 aliphatic heterocycles. The molecule has 3 aromatic carbocycles. The summed E-state index contributed by atoms with van der Waals surface area (Å²) in [5, 5.41) is 11.5. The highest BCUT2D eigenvalue weighted by molar-refractivity contribution is 6.13. The average Bonchev–Trinajstić information content (AvgIpc) is 2.73. The third-order valence-electron chi connectivity index (χ3n) is 5.08. The number of aliphatic imine (C=N–C) groups is 1. The molecule has 0 radical (unpaired) electrons. The Morgan fingerprint density at radius 2 is 1.54 bits per heavy atom. The third-order valence-corrected chi connectivity index (χ3v) is 5.08. The highest BCUT2D eigenvalue weighted by Gasteiger charge is 2.20. The summed E-state index contributed by atoms with van der Waals surface area (Å²) in [6.07, 6.45) is 1.45. The van der Waals surface area contributed by atoms with Gasteiger partial charge in [0.05, 0.1) is 11.4 Å². The number of rotatable bonds is 4. The molecule has 2 N–H and O–H groups in total. The Kier molecular flexibility index (Phi) is 5.20. The van der Waals surface area contributed by atoms with Gasteiger partial charge in [-0.2, -0.15) is 0 Å². The maximum Gasteiger partial charge on any atom is 0.404 e. The van der Waals surface area contributed by atoms with Crippen molar-refractivity contribution < 1.29 is 9.90 Å². The van der Waals surface area contributed by atoms with Gasteiger partial charge in [-0.3, -0.25) is 0 Å². The first kappa shape index (κ1) is 18.0. The molecule has 1 atom stereocenters. The van der Waals surface area contributed by atoms with Gasteiger partial charge < -0.3 is 10.4 Å². The van der Waals surface area contributed by atoms with E-state index in [-0.39, 0.29) is 6.04 Å². The lowest BCUT2D eigenvalue weighted by Gasteiger charge is -2.24. The quantitative estimate of drug-likeness (QED) is 0.636. The van der Waals surface area contributed by atoms with Crippen molar-refractivity contribution in [3.63, 3.8) is 0 Å². The summed E-state index contributed by atoms with van der Waals surface area (Å²) in [6.45, 7) is 0. The monoisotopic (exact) mass is 370 g/mol. The average molecular weight is 370 g/mol. The van der Waals surface area contributed by atoms with E-state index in [1.165, 1.54) is 11.1 Å². The van der Waals surface area contributed by atoms with Crippen molar-refractivity contribution in [3.8, 4) is 0 Å². The van der Waals surface area contributed by atoms with Gasteiger partial charge in [-0.1, -0.05) is 66.7 Å². The standard InChI is InChI=1S/C24H22N2O2/c27-24(28)26-22-14-12-19-15-21(13-11-20(19)16-22)25-23(17-7-3-1-4-8-17)18-9-5-2-6-10-18/h1-11,13,15,22,26H,12,14,16H2,(H,27,28)/t22-/m0/s1. The van der Waals surface area contributed by atoms with E-state index in [9.17, 15) is 4.79 Å². The van der Waals surface area contributed by atoms with Crippen LogP contribution in [-0.2, 0) is 12.8 Å². The lowest BCUT2D eigenvalue weighted by molar-refractivity contribution is 0.188. The molecule has 0 spiro atoms. The Balaban J connectivity index is 1.67. The maximum atomic E-state index is 10.9. The molecule has 0 saturated carbocycles. The highest BCUT2D eigenvalue weighted by atomic mass is 16.4. The number of carbonyl (C=O) groups is 1. The number of benzene rings is 3.